The van der Waals surface area contributed by atoms with Gasteiger partial charge in [0.2, 0.25) is 0 Å². The van der Waals surface area contributed by atoms with Crippen molar-refractivity contribution in [1.29, 1.82) is 0 Å². The summed E-state index contributed by atoms with van der Waals surface area (Å²) in [6.07, 6.45) is 5.27. The van der Waals surface area contributed by atoms with Gasteiger partial charge in [0.15, 0.2) is 0 Å². The van der Waals surface area contributed by atoms with E-state index in [0.717, 1.165) is 26.2 Å². The standard InChI is InChI=1S/C20H29N3O3/c1-2-26-19(24)15-21-18-10-6-5-9-17(18)20(25)23-13-11-22(12-14-23)16-7-3-4-8-16/h5-6,9-10,16,21H,2-4,7-8,11-15H2,1H3. The number of anilines is 1. The van der Waals surface area contributed by atoms with Crippen LogP contribution in [0.4, 0.5) is 5.69 Å². The van der Waals surface area contributed by atoms with Gasteiger partial charge in [-0.15, -0.1) is 0 Å². The Morgan fingerprint density at radius 2 is 1.81 bits per heavy atom. The molecular formula is C20H29N3O3. The highest BCUT2D eigenvalue weighted by atomic mass is 16.5. The maximum absolute atomic E-state index is 13.0. The lowest BCUT2D eigenvalue weighted by molar-refractivity contribution is -0.140. The first-order chi connectivity index (χ1) is 12.7. The number of carbonyl (C=O) groups excluding carboxylic acids is 2. The van der Waals surface area contributed by atoms with Gasteiger partial charge in [0.1, 0.15) is 6.54 Å². The number of nitrogens with zero attached hydrogens (tertiary/aromatic N) is 2. The molecule has 2 fully saturated rings. The van der Waals surface area contributed by atoms with E-state index >= 15 is 0 Å². The number of benzene rings is 1. The van der Waals surface area contributed by atoms with E-state index in [1.807, 2.05) is 29.2 Å². The maximum atomic E-state index is 13.0. The van der Waals surface area contributed by atoms with Gasteiger partial charge < -0.3 is 15.0 Å². The number of piperazine rings is 1. The molecule has 142 valence electrons. The van der Waals surface area contributed by atoms with E-state index in [2.05, 4.69) is 10.2 Å². The normalized spacial score (nSPS) is 18.7. The number of ether oxygens (including phenoxy) is 1. The zero-order valence-corrected chi connectivity index (χ0v) is 15.6. The second-order valence-electron chi connectivity index (χ2n) is 6.97. The molecule has 0 unspecified atom stereocenters. The summed E-state index contributed by atoms with van der Waals surface area (Å²) in [5, 5.41) is 3.04. The van der Waals surface area contributed by atoms with Crippen LogP contribution in [0.3, 0.4) is 0 Å². The molecule has 6 heteroatoms. The maximum Gasteiger partial charge on any atom is 0.325 e. The summed E-state index contributed by atoms with van der Waals surface area (Å²) in [6, 6.07) is 8.09. The predicted octanol–water partition coefficient (Wildman–Crippen LogP) is 2.36. The molecule has 0 bridgehead atoms. The molecule has 1 N–H and O–H groups in total. The third kappa shape index (κ3) is 4.55. The summed E-state index contributed by atoms with van der Waals surface area (Å²) in [5.74, 6) is -0.289. The number of amides is 1. The second-order valence-corrected chi connectivity index (χ2v) is 6.97. The molecule has 3 rings (SSSR count). The Kier molecular flexibility index (Phi) is 6.50. The average Bonchev–Trinajstić information content (AvgIpc) is 3.21. The van der Waals surface area contributed by atoms with Crippen LogP contribution in [0.15, 0.2) is 24.3 Å². The number of carbonyl (C=O) groups is 2. The number of para-hydroxylation sites is 1. The van der Waals surface area contributed by atoms with Crippen LogP contribution in [0.25, 0.3) is 0 Å². The second kappa shape index (κ2) is 9.03. The molecule has 1 heterocycles. The fourth-order valence-electron chi connectivity index (χ4n) is 3.93. The number of hydrogen-bond donors (Lipinski definition) is 1. The van der Waals surface area contributed by atoms with E-state index in [-0.39, 0.29) is 18.4 Å². The molecule has 0 radical (unpaired) electrons. The van der Waals surface area contributed by atoms with Gasteiger partial charge in [-0.1, -0.05) is 25.0 Å². The van der Waals surface area contributed by atoms with Gasteiger partial charge >= 0.3 is 5.97 Å². The molecule has 1 amide bonds. The number of hydrogen-bond acceptors (Lipinski definition) is 5. The zero-order chi connectivity index (χ0) is 18.4. The number of esters is 1. The summed E-state index contributed by atoms with van der Waals surface area (Å²) in [7, 11) is 0. The number of rotatable bonds is 6. The van der Waals surface area contributed by atoms with Crippen molar-refractivity contribution in [3.63, 3.8) is 0 Å². The Bertz CT molecular complexity index is 620. The van der Waals surface area contributed by atoms with Crippen LogP contribution in [0.5, 0.6) is 0 Å². The first-order valence-corrected chi connectivity index (χ1v) is 9.71. The van der Waals surface area contributed by atoms with Crippen molar-refractivity contribution in [3.8, 4) is 0 Å². The summed E-state index contributed by atoms with van der Waals surface area (Å²) in [6.45, 7) is 5.63. The lowest BCUT2D eigenvalue weighted by Gasteiger charge is -2.38. The topological polar surface area (TPSA) is 61.9 Å². The highest BCUT2D eigenvalue weighted by Gasteiger charge is 2.28. The molecule has 1 saturated heterocycles. The molecule has 1 aromatic rings. The van der Waals surface area contributed by atoms with Crippen LogP contribution >= 0.6 is 0 Å². The average molecular weight is 359 g/mol. The monoisotopic (exact) mass is 359 g/mol. The van der Waals surface area contributed by atoms with Gasteiger partial charge in [0.25, 0.3) is 5.91 Å². The van der Waals surface area contributed by atoms with Crippen molar-refractivity contribution in [2.24, 2.45) is 0 Å². The van der Waals surface area contributed by atoms with E-state index < -0.39 is 0 Å². The van der Waals surface area contributed by atoms with Gasteiger partial charge in [-0.05, 0) is 31.9 Å². The van der Waals surface area contributed by atoms with Gasteiger partial charge in [-0.25, -0.2) is 0 Å². The smallest absolute Gasteiger partial charge is 0.325 e. The minimum absolute atomic E-state index is 0.0306. The number of nitrogens with one attached hydrogen (secondary N) is 1. The summed E-state index contributed by atoms with van der Waals surface area (Å²) in [4.78, 5) is 29.0. The lowest BCUT2D eigenvalue weighted by Crippen LogP contribution is -2.51. The highest BCUT2D eigenvalue weighted by Crippen LogP contribution is 2.25. The lowest BCUT2D eigenvalue weighted by atomic mass is 10.1. The Hall–Kier alpha value is -2.08. The molecule has 0 aromatic heterocycles. The Balaban J connectivity index is 1.58. The Morgan fingerprint density at radius 1 is 1.12 bits per heavy atom. The van der Waals surface area contributed by atoms with E-state index in [9.17, 15) is 9.59 Å². The summed E-state index contributed by atoms with van der Waals surface area (Å²) >= 11 is 0. The largest absolute Gasteiger partial charge is 0.465 e. The SMILES string of the molecule is CCOC(=O)CNc1ccccc1C(=O)N1CCN(C2CCCC2)CC1. The van der Waals surface area contributed by atoms with Crippen molar-refractivity contribution >= 4 is 17.6 Å². The van der Waals surface area contributed by atoms with Gasteiger partial charge in [-0.3, -0.25) is 14.5 Å². The van der Waals surface area contributed by atoms with E-state index in [0.29, 0.717) is 23.9 Å². The Morgan fingerprint density at radius 3 is 2.50 bits per heavy atom. The van der Waals surface area contributed by atoms with Crippen LogP contribution in [0, 0.1) is 0 Å². The molecular weight excluding hydrogens is 330 g/mol. The minimum atomic E-state index is -0.320. The Labute approximate surface area is 155 Å². The van der Waals surface area contributed by atoms with Crippen LogP contribution in [-0.2, 0) is 9.53 Å². The van der Waals surface area contributed by atoms with Crippen molar-refractivity contribution in [3.05, 3.63) is 29.8 Å². The van der Waals surface area contributed by atoms with Crippen molar-refractivity contribution < 1.29 is 14.3 Å². The van der Waals surface area contributed by atoms with E-state index in [1.54, 1.807) is 6.92 Å². The van der Waals surface area contributed by atoms with Crippen molar-refractivity contribution in [2.45, 2.75) is 38.6 Å². The fraction of sp³-hybridized carbons (Fsp3) is 0.600. The molecule has 1 aliphatic heterocycles. The molecule has 1 aliphatic carbocycles. The van der Waals surface area contributed by atoms with Crippen LogP contribution < -0.4 is 5.32 Å². The molecule has 0 atom stereocenters. The van der Waals surface area contributed by atoms with E-state index in [4.69, 9.17) is 4.74 Å². The highest BCUT2D eigenvalue weighted by molar-refractivity contribution is 6.00. The minimum Gasteiger partial charge on any atom is -0.465 e. The van der Waals surface area contributed by atoms with Crippen molar-refractivity contribution in [2.75, 3.05) is 44.6 Å². The fourth-order valence-corrected chi connectivity index (χ4v) is 3.93. The van der Waals surface area contributed by atoms with Crippen molar-refractivity contribution in [1.82, 2.24) is 9.80 Å². The molecule has 1 aromatic carbocycles. The van der Waals surface area contributed by atoms with Crippen LogP contribution in [0.2, 0.25) is 0 Å². The molecule has 1 saturated carbocycles. The van der Waals surface area contributed by atoms with E-state index in [1.165, 1.54) is 25.7 Å². The van der Waals surface area contributed by atoms with Crippen LogP contribution in [-0.4, -0.2) is 67.0 Å². The zero-order valence-electron chi connectivity index (χ0n) is 15.6. The molecule has 2 aliphatic rings. The quantitative estimate of drug-likeness (QED) is 0.790. The van der Waals surface area contributed by atoms with Crippen LogP contribution in [0.1, 0.15) is 43.0 Å². The predicted molar refractivity (Wildman–Crippen MR) is 101 cm³/mol. The molecule has 26 heavy (non-hydrogen) atoms. The molecule has 6 nitrogen and oxygen atoms in total. The van der Waals surface area contributed by atoms with Gasteiger partial charge in [0.05, 0.1) is 12.2 Å². The van der Waals surface area contributed by atoms with Gasteiger partial charge in [-0.2, -0.15) is 0 Å². The molecule has 0 spiro atoms. The third-order valence-corrected chi connectivity index (χ3v) is 5.33. The first-order valence-electron chi connectivity index (χ1n) is 9.71. The third-order valence-electron chi connectivity index (χ3n) is 5.33. The van der Waals surface area contributed by atoms with Gasteiger partial charge in [0, 0.05) is 37.9 Å². The first kappa shape index (κ1) is 18.7. The summed E-state index contributed by atoms with van der Waals surface area (Å²) < 4.78 is 4.94. The summed E-state index contributed by atoms with van der Waals surface area (Å²) in [5.41, 5.74) is 1.30.